The van der Waals surface area contributed by atoms with Gasteiger partial charge in [-0.25, -0.2) is 9.97 Å². The smallest absolute Gasteiger partial charge is 0.226 e. The molecule has 2 aromatic rings. The second-order valence-electron chi connectivity index (χ2n) is 4.95. The van der Waals surface area contributed by atoms with Gasteiger partial charge in [0, 0.05) is 19.3 Å². The molecule has 1 heterocycles. The Morgan fingerprint density at radius 2 is 2.00 bits per heavy atom. The lowest BCUT2D eigenvalue weighted by molar-refractivity contribution is 0.856. The SMILES string of the molecule is Cc1cccc(CN(C)c2nc(C)cc(C(=N)N)n2)c1. The summed E-state index contributed by atoms with van der Waals surface area (Å²) in [5, 5.41) is 7.49. The Morgan fingerprint density at radius 3 is 2.65 bits per heavy atom. The van der Waals surface area contributed by atoms with Crippen molar-refractivity contribution in [2.45, 2.75) is 20.4 Å². The lowest BCUT2D eigenvalue weighted by atomic mass is 10.1. The van der Waals surface area contributed by atoms with Gasteiger partial charge in [0.1, 0.15) is 11.5 Å². The molecule has 0 aliphatic carbocycles. The highest BCUT2D eigenvalue weighted by atomic mass is 15.2. The third kappa shape index (κ3) is 3.32. The minimum atomic E-state index is -0.0410. The first-order chi connectivity index (χ1) is 9.45. The van der Waals surface area contributed by atoms with Crippen LogP contribution in [0.15, 0.2) is 30.3 Å². The predicted octanol–water partition coefficient (Wildman–Crippen LogP) is 2.01. The van der Waals surface area contributed by atoms with Gasteiger partial charge in [-0.3, -0.25) is 5.41 Å². The Kier molecular flexibility index (Phi) is 3.98. The molecule has 0 saturated carbocycles. The maximum atomic E-state index is 7.49. The first-order valence-corrected chi connectivity index (χ1v) is 6.42. The minimum Gasteiger partial charge on any atom is -0.382 e. The lowest BCUT2D eigenvalue weighted by Gasteiger charge is -2.18. The molecule has 2 rings (SSSR count). The number of hydrogen-bond donors (Lipinski definition) is 2. The highest BCUT2D eigenvalue weighted by Gasteiger charge is 2.09. The van der Waals surface area contributed by atoms with Crippen LogP contribution in [0.4, 0.5) is 5.95 Å². The van der Waals surface area contributed by atoms with Gasteiger partial charge >= 0.3 is 0 Å². The zero-order chi connectivity index (χ0) is 14.7. The van der Waals surface area contributed by atoms with Gasteiger partial charge in [-0.05, 0) is 25.5 Å². The number of aromatic nitrogens is 2. The molecule has 1 aromatic heterocycles. The zero-order valence-corrected chi connectivity index (χ0v) is 12.0. The van der Waals surface area contributed by atoms with Gasteiger partial charge in [0.05, 0.1) is 0 Å². The van der Waals surface area contributed by atoms with Crippen molar-refractivity contribution in [2.75, 3.05) is 11.9 Å². The summed E-state index contributed by atoms with van der Waals surface area (Å²) < 4.78 is 0. The second-order valence-corrected chi connectivity index (χ2v) is 4.95. The summed E-state index contributed by atoms with van der Waals surface area (Å²) in [5.41, 5.74) is 9.19. The summed E-state index contributed by atoms with van der Waals surface area (Å²) in [7, 11) is 1.93. The number of nitrogens with one attached hydrogen (secondary N) is 1. The molecular formula is C15H19N5. The van der Waals surface area contributed by atoms with Crippen LogP contribution in [0.5, 0.6) is 0 Å². The van der Waals surface area contributed by atoms with Crippen molar-refractivity contribution in [3.8, 4) is 0 Å². The number of hydrogen-bond acceptors (Lipinski definition) is 4. The van der Waals surface area contributed by atoms with E-state index in [1.54, 1.807) is 6.07 Å². The summed E-state index contributed by atoms with van der Waals surface area (Å²) in [6.07, 6.45) is 0. The molecule has 0 aliphatic heterocycles. The van der Waals surface area contributed by atoms with Crippen molar-refractivity contribution in [1.82, 2.24) is 9.97 Å². The van der Waals surface area contributed by atoms with Gasteiger partial charge in [0.2, 0.25) is 5.95 Å². The summed E-state index contributed by atoms with van der Waals surface area (Å²) in [5.74, 6) is 0.539. The molecule has 5 nitrogen and oxygen atoms in total. The van der Waals surface area contributed by atoms with Crippen LogP contribution in [0.3, 0.4) is 0 Å². The van der Waals surface area contributed by atoms with Crippen molar-refractivity contribution in [3.05, 3.63) is 52.8 Å². The summed E-state index contributed by atoms with van der Waals surface area (Å²) in [6.45, 7) is 4.65. The highest BCUT2D eigenvalue weighted by molar-refractivity contribution is 5.93. The van der Waals surface area contributed by atoms with Gasteiger partial charge in [0.15, 0.2) is 0 Å². The van der Waals surface area contributed by atoms with Crippen LogP contribution >= 0.6 is 0 Å². The number of amidine groups is 1. The maximum absolute atomic E-state index is 7.49. The van der Waals surface area contributed by atoms with E-state index in [-0.39, 0.29) is 5.84 Å². The predicted molar refractivity (Wildman–Crippen MR) is 81.1 cm³/mol. The molecule has 0 amide bonds. The molecule has 0 atom stereocenters. The molecule has 3 N–H and O–H groups in total. The molecule has 0 radical (unpaired) electrons. The molecule has 0 bridgehead atoms. The Hall–Kier alpha value is -2.43. The van der Waals surface area contributed by atoms with Crippen LogP contribution in [-0.2, 0) is 6.54 Å². The molecular weight excluding hydrogens is 250 g/mol. The third-order valence-electron chi connectivity index (χ3n) is 2.96. The number of aryl methyl sites for hydroxylation is 2. The fraction of sp³-hybridized carbons (Fsp3) is 0.267. The van der Waals surface area contributed by atoms with Crippen LogP contribution < -0.4 is 10.6 Å². The molecule has 0 unspecified atom stereocenters. The van der Waals surface area contributed by atoms with E-state index in [2.05, 4.69) is 35.1 Å². The number of nitrogens with two attached hydrogens (primary N) is 1. The summed E-state index contributed by atoms with van der Waals surface area (Å²) in [6, 6.07) is 10.0. The topological polar surface area (TPSA) is 78.9 Å². The third-order valence-corrected chi connectivity index (χ3v) is 2.96. The number of rotatable bonds is 4. The van der Waals surface area contributed by atoms with E-state index >= 15 is 0 Å². The van der Waals surface area contributed by atoms with Crippen LogP contribution in [0.25, 0.3) is 0 Å². The van der Waals surface area contributed by atoms with E-state index in [0.717, 1.165) is 5.69 Å². The fourth-order valence-electron chi connectivity index (χ4n) is 2.02. The quantitative estimate of drug-likeness (QED) is 0.657. The van der Waals surface area contributed by atoms with E-state index in [4.69, 9.17) is 11.1 Å². The monoisotopic (exact) mass is 269 g/mol. The van der Waals surface area contributed by atoms with Gasteiger partial charge in [-0.1, -0.05) is 29.8 Å². The van der Waals surface area contributed by atoms with Crippen LogP contribution in [0, 0.1) is 19.3 Å². The lowest BCUT2D eigenvalue weighted by Crippen LogP contribution is -2.22. The van der Waals surface area contributed by atoms with E-state index in [0.29, 0.717) is 18.2 Å². The second kappa shape index (κ2) is 5.69. The molecule has 5 heteroatoms. The maximum Gasteiger partial charge on any atom is 0.226 e. The first-order valence-electron chi connectivity index (χ1n) is 6.42. The van der Waals surface area contributed by atoms with Gasteiger partial charge in [0.25, 0.3) is 0 Å². The Bertz CT molecular complexity index is 636. The number of anilines is 1. The standard InChI is InChI=1S/C15H19N5/c1-10-5-4-6-12(7-10)9-20(3)15-18-11(2)8-13(19-15)14(16)17/h4-8H,9H2,1-3H3,(H3,16,17). The van der Waals surface area contributed by atoms with Crippen molar-refractivity contribution < 1.29 is 0 Å². The molecule has 1 aromatic carbocycles. The molecule has 0 saturated heterocycles. The summed E-state index contributed by atoms with van der Waals surface area (Å²) >= 11 is 0. The number of nitrogens with zero attached hydrogens (tertiary/aromatic N) is 3. The van der Waals surface area contributed by atoms with Crippen LogP contribution in [-0.4, -0.2) is 22.9 Å². The van der Waals surface area contributed by atoms with Crippen LogP contribution in [0.1, 0.15) is 22.5 Å². The first kappa shape index (κ1) is 14.0. The van der Waals surface area contributed by atoms with Gasteiger partial charge in [-0.2, -0.15) is 0 Å². The van der Waals surface area contributed by atoms with Crippen molar-refractivity contribution in [1.29, 1.82) is 5.41 Å². The van der Waals surface area contributed by atoms with E-state index in [1.165, 1.54) is 11.1 Å². The molecule has 0 spiro atoms. The average Bonchev–Trinajstić information content (AvgIpc) is 2.37. The number of benzene rings is 1. The largest absolute Gasteiger partial charge is 0.382 e. The zero-order valence-electron chi connectivity index (χ0n) is 12.0. The Labute approximate surface area is 119 Å². The normalized spacial score (nSPS) is 10.3. The van der Waals surface area contributed by atoms with E-state index in [9.17, 15) is 0 Å². The fourth-order valence-corrected chi connectivity index (χ4v) is 2.02. The highest BCUT2D eigenvalue weighted by Crippen LogP contribution is 2.13. The Balaban J connectivity index is 2.25. The number of nitrogen functional groups attached to an aromatic ring is 1. The minimum absolute atomic E-state index is 0.0410. The molecule has 0 aliphatic rings. The average molecular weight is 269 g/mol. The van der Waals surface area contributed by atoms with E-state index < -0.39 is 0 Å². The van der Waals surface area contributed by atoms with Crippen molar-refractivity contribution >= 4 is 11.8 Å². The molecule has 0 fully saturated rings. The van der Waals surface area contributed by atoms with Crippen molar-refractivity contribution in [2.24, 2.45) is 5.73 Å². The van der Waals surface area contributed by atoms with Crippen molar-refractivity contribution in [3.63, 3.8) is 0 Å². The van der Waals surface area contributed by atoms with E-state index in [1.807, 2.05) is 24.9 Å². The van der Waals surface area contributed by atoms with Gasteiger partial charge < -0.3 is 10.6 Å². The molecule has 20 heavy (non-hydrogen) atoms. The Morgan fingerprint density at radius 1 is 1.25 bits per heavy atom. The summed E-state index contributed by atoms with van der Waals surface area (Å²) in [4.78, 5) is 10.7. The van der Waals surface area contributed by atoms with Gasteiger partial charge in [-0.15, -0.1) is 0 Å². The molecule has 104 valence electrons. The van der Waals surface area contributed by atoms with Crippen LogP contribution in [0.2, 0.25) is 0 Å².